The number of para-hydroxylation sites is 2. The number of fused-ring (bicyclic) bond motifs is 1. The van der Waals surface area contributed by atoms with Gasteiger partial charge in [-0.3, -0.25) is 18.7 Å². The Bertz CT molecular complexity index is 1510. The third kappa shape index (κ3) is 5.12. The van der Waals surface area contributed by atoms with Gasteiger partial charge in [-0.25, -0.2) is 4.79 Å². The molecule has 5 rings (SSSR count). The lowest BCUT2D eigenvalue weighted by atomic mass is 10.1. The van der Waals surface area contributed by atoms with Gasteiger partial charge < -0.3 is 21.7 Å². The fraction of sp³-hybridized carbons (Fsp3) is 0.250. The van der Waals surface area contributed by atoms with Gasteiger partial charge in [0.05, 0.1) is 29.0 Å². The van der Waals surface area contributed by atoms with Crippen molar-refractivity contribution < 1.29 is 9.59 Å². The summed E-state index contributed by atoms with van der Waals surface area (Å²) in [7, 11) is 1.70. The van der Waals surface area contributed by atoms with Crippen molar-refractivity contribution in [3.05, 3.63) is 93.9 Å². The Labute approximate surface area is 214 Å². The number of nitrogens with zero attached hydrogens (tertiary/aromatic N) is 2. The Morgan fingerprint density at radius 2 is 1.76 bits per heavy atom. The minimum atomic E-state index is -0.262. The zero-order valence-corrected chi connectivity index (χ0v) is 20.7. The van der Waals surface area contributed by atoms with Crippen molar-refractivity contribution in [1.29, 1.82) is 0 Å². The average Bonchev–Trinajstić information content (AvgIpc) is 3.15. The van der Waals surface area contributed by atoms with Gasteiger partial charge in [-0.15, -0.1) is 0 Å². The van der Waals surface area contributed by atoms with Gasteiger partial charge in [0.1, 0.15) is 0 Å². The fourth-order valence-corrected chi connectivity index (χ4v) is 4.69. The number of hydrogen-bond acceptors (Lipinski definition) is 5. The Kier molecular flexibility index (Phi) is 6.78. The van der Waals surface area contributed by atoms with E-state index in [0.29, 0.717) is 34.6 Å². The smallest absolute Gasteiger partial charge is 0.329 e. The van der Waals surface area contributed by atoms with Crippen LogP contribution >= 0.6 is 0 Å². The molecule has 1 aliphatic heterocycles. The van der Waals surface area contributed by atoms with Crippen molar-refractivity contribution >= 4 is 34.2 Å². The molecule has 4 aromatic rings. The first-order chi connectivity index (χ1) is 17.9. The predicted octanol–water partition coefficient (Wildman–Crippen LogP) is 2.70. The van der Waals surface area contributed by atoms with Crippen LogP contribution in [0.15, 0.2) is 71.5 Å². The molecule has 0 unspecified atom stereocenters. The van der Waals surface area contributed by atoms with Crippen molar-refractivity contribution in [3.8, 4) is 0 Å². The number of nitrogens with two attached hydrogens (primary N) is 1. The summed E-state index contributed by atoms with van der Waals surface area (Å²) in [5.41, 5.74) is 10.1. The van der Waals surface area contributed by atoms with Gasteiger partial charge in [0.25, 0.3) is 11.8 Å². The molecule has 2 heterocycles. The monoisotopic (exact) mass is 498 g/mol. The van der Waals surface area contributed by atoms with E-state index in [2.05, 4.69) is 16.0 Å². The molecule has 3 aromatic carbocycles. The molecule has 0 radical (unpaired) electrons. The highest BCUT2D eigenvalue weighted by Crippen LogP contribution is 2.19. The molecule has 37 heavy (non-hydrogen) atoms. The highest BCUT2D eigenvalue weighted by atomic mass is 16.2. The van der Waals surface area contributed by atoms with Crippen molar-refractivity contribution in [2.75, 3.05) is 24.1 Å². The molecule has 5 N–H and O–H groups in total. The van der Waals surface area contributed by atoms with E-state index >= 15 is 0 Å². The van der Waals surface area contributed by atoms with E-state index in [-0.39, 0.29) is 23.5 Å². The summed E-state index contributed by atoms with van der Waals surface area (Å²) in [5.74, 6) is -0.400. The van der Waals surface area contributed by atoms with Crippen LogP contribution in [-0.2, 0) is 13.6 Å². The lowest BCUT2D eigenvalue weighted by Gasteiger charge is -2.23. The van der Waals surface area contributed by atoms with Crippen LogP contribution in [0.2, 0.25) is 0 Å². The van der Waals surface area contributed by atoms with Crippen LogP contribution in [0.4, 0.5) is 11.4 Å². The number of aromatic nitrogens is 2. The van der Waals surface area contributed by atoms with Crippen molar-refractivity contribution in [3.63, 3.8) is 0 Å². The molecule has 1 fully saturated rings. The van der Waals surface area contributed by atoms with Gasteiger partial charge in [-0.2, -0.15) is 0 Å². The first kappa shape index (κ1) is 24.3. The van der Waals surface area contributed by atoms with Gasteiger partial charge in [0.15, 0.2) is 0 Å². The van der Waals surface area contributed by atoms with Gasteiger partial charge in [0, 0.05) is 30.8 Å². The number of anilines is 2. The van der Waals surface area contributed by atoms with Crippen LogP contribution in [0.5, 0.6) is 0 Å². The molecule has 0 spiro atoms. The minimum absolute atomic E-state index is 0.112. The summed E-state index contributed by atoms with van der Waals surface area (Å²) in [5, 5.41) is 9.19. The molecule has 9 nitrogen and oxygen atoms in total. The van der Waals surface area contributed by atoms with E-state index in [4.69, 9.17) is 5.73 Å². The van der Waals surface area contributed by atoms with E-state index < -0.39 is 0 Å². The van der Waals surface area contributed by atoms with Gasteiger partial charge in [-0.05, 0) is 67.4 Å². The second kappa shape index (κ2) is 10.3. The normalized spacial score (nSPS) is 15.4. The second-order valence-electron chi connectivity index (χ2n) is 9.39. The Morgan fingerprint density at radius 1 is 1.00 bits per heavy atom. The number of aryl methyl sites for hydroxylation is 1. The quantitative estimate of drug-likeness (QED) is 0.305. The van der Waals surface area contributed by atoms with Crippen molar-refractivity contribution in [2.45, 2.75) is 25.4 Å². The van der Waals surface area contributed by atoms with E-state index in [1.807, 2.05) is 18.2 Å². The lowest BCUT2D eigenvalue weighted by molar-refractivity contribution is 0.0930. The number of amides is 2. The maximum Gasteiger partial charge on any atom is 0.329 e. The first-order valence-corrected chi connectivity index (χ1v) is 12.4. The molecular formula is C28H30N6O3. The standard InChI is InChI=1S/C28H30N6O3/c1-33-25-15-20(27(36)31-21-5-4-14-30-16-21)12-13-24(25)34(28(33)37)17-18-8-10-19(11-9-18)26(35)32-23-7-3-2-6-22(23)29/h2-3,6-13,15,21,30H,4-5,14,16-17,29H2,1H3,(H,31,36)(H,32,35)/t21-/m1/s1. The highest BCUT2D eigenvalue weighted by Gasteiger charge is 2.18. The van der Waals surface area contributed by atoms with Crippen LogP contribution in [0.1, 0.15) is 39.1 Å². The van der Waals surface area contributed by atoms with Crippen LogP contribution in [-0.4, -0.2) is 40.1 Å². The van der Waals surface area contributed by atoms with Crippen LogP contribution in [0, 0.1) is 0 Å². The maximum absolute atomic E-state index is 13.0. The molecule has 0 bridgehead atoms. The van der Waals surface area contributed by atoms with Crippen LogP contribution in [0.25, 0.3) is 11.0 Å². The minimum Gasteiger partial charge on any atom is -0.397 e. The summed E-state index contributed by atoms with van der Waals surface area (Å²) < 4.78 is 3.22. The topological polar surface area (TPSA) is 123 Å². The molecule has 0 saturated carbocycles. The molecular weight excluding hydrogens is 468 g/mol. The third-order valence-corrected chi connectivity index (χ3v) is 6.81. The van der Waals surface area contributed by atoms with Gasteiger partial charge >= 0.3 is 5.69 Å². The van der Waals surface area contributed by atoms with E-state index in [0.717, 1.165) is 37.0 Å². The van der Waals surface area contributed by atoms with Crippen LogP contribution in [0.3, 0.4) is 0 Å². The number of rotatable bonds is 6. The first-order valence-electron chi connectivity index (χ1n) is 12.4. The summed E-state index contributed by atoms with van der Waals surface area (Å²) in [6, 6.07) is 19.6. The molecule has 0 aliphatic carbocycles. The van der Waals surface area contributed by atoms with E-state index in [1.54, 1.807) is 64.7 Å². The van der Waals surface area contributed by atoms with Gasteiger partial charge in [0.2, 0.25) is 0 Å². The van der Waals surface area contributed by atoms with Crippen molar-refractivity contribution in [2.24, 2.45) is 7.05 Å². The van der Waals surface area contributed by atoms with Crippen LogP contribution < -0.4 is 27.4 Å². The Balaban J connectivity index is 1.33. The zero-order valence-electron chi connectivity index (χ0n) is 20.7. The van der Waals surface area contributed by atoms with Crippen molar-refractivity contribution in [1.82, 2.24) is 19.8 Å². The number of carbonyl (C=O) groups excluding carboxylic acids is 2. The summed E-state index contributed by atoms with van der Waals surface area (Å²) in [6.07, 6.45) is 1.99. The summed E-state index contributed by atoms with van der Waals surface area (Å²) in [4.78, 5) is 38.5. The molecule has 1 saturated heterocycles. The number of nitrogens with one attached hydrogen (secondary N) is 3. The number of piperidine rings is 1. The number of carbonyl (C=O) groups is 2. The second-order valence-corrected chi connectivity index (χ2v) is 9.39. The molecule has 190 valence electrons. The molecule has 9 heteroatoms. The fourth-order valence-electron chi connectivity index (χ4n) is 4.69. The SMILES string of the molecule is Cn1c(=O)n(Cc2ccc(C(=O)Nc3ccccc3N)cc2)c2ccc(C(=O)N[C@@H]3CCCNC3)cc21. The largest absolute Gasteiger partial charge is 0.397 e. The molecule has 1 aromatic heterocycles. The number of hydrogen-bond donors (Lipinski definition) is 4. The number of nitrogen functional groups attached to an aromatic ring is 1. The molecule has 1 atom stereocenters. The predicted molar refractivity (Wildman–Crippen MR) is 145 cm³/mol. The highest BCUT2D eigenvalue weighted by molar-refractivity contribution is 6.05. The lowest BCUT2D eigenvalue weighted by Crippen LogP contribution is -2.45. The number of imidazole rings is 1. The maximum atomic E-state index is 13.0. The van der Waals surface area contributed by atoms with E-state index in [1.165, 1.54) is 0 Å². The summed E-state index contributed by atoms with van der Waals surface area (Å²) in [6.45, 7) is 2.08. The Hall–Kier alpha value is -4.37. The summed E-state index contributed by atoms with van der Waals surface area (Å²) >= 11 is 0. The average molecular weight is 499 g/mol. The molecule has 1 aliphatic rings. The Morgan fingerprint density at radius 3 is 2.49 bits per heavy atom. The third-order valence-electron chi connectivity index (χ3n) is 6.81. The zero-order chi connectivity index (χ0) is 25.9. The molecule has 2 amide bonds. The van der Waals surface area contributed by atoms with E-state index in [9.17, 15) is 14.4 Å². The number of benzene rings is 3. The van der Waals surface area contributed by atoms with Gasteiger partial charge in [-0.1, -0.05) is 24.3 Å².